The number of halogens is 2. The molecule has 10 heteroatoms. The number of anilines is 1. The summed E-state index contributed by atoms with van der Waals surface area (Å²) in [4.78, 5) is 29.6. The van der Waals surface area contributed by atoms with Crippen molar-refractivity contribution >= 4 is 51.5 Å². The number of nitrogens with one attached hydrogen (secondary N) is 2. The average molecular weight is 480 g/mol. The molecule has 2 aromatic carbocycles. The van der Waals surface area contributed by atoms with Crippen LogP contribution in [0.3, 0.4) is 0 Å². The largest absolute Gasteiger partial charge is 0.493 e. The molecular weight excluding hydrogens is 461 g/mol. The first-order chi connectivity index (χ1) is 14.9. The van der Waals surface area contributed by atoms with Crippen molar-refractivity contribution in [3.05, 3.63) is 68.6 Å². The molecule has 0 spiro atoms. The molecule has 1 heterocycles. The summed E-state index contributed by atoms with van der Waals surface area (Å²) < 4.78 is 10.3. The number of hydrogen-bond acceptors (Lipinski definition) is 6. The molecular formula is C21H19Cl2N3O4S. The fourth-order valence-electron chi connectivity index (χ4n) is 2.72. The lowest BCUT2D eigenvalue weighted by Gasteiger charge is -2.10. The third kappa shape index (κ3) is 6.10. The van der Waals surface area contributed by atoms with Crippen molar-refractivity contribution in [2.45, 2.75) is 6.42 Å². The third-order valence-corrected chi connectivity index (χ3v) is 5.74. The maximum absolute atomic E-state index is 12.3. The van der Waals surface area contributed by atoms with E-state index in [1.165, 1.54) is 25.6 Å². The normalized spacial score (nSPS) is 10.5. The standard InChI is InChI=1S/C21H19Cl2N3O4S/c1-29-17-6-3-12(9-18(17)30-2)20(28)24-11-19(27)26-21-25-10-15(31-21)8-13-7-14(22)4-5-16(13)23/h3-7,9-10H,8,11H2,1-2H3,(H,24,28)(H,25,26,27). The molecule has 3 rings (SSSR count). The van der Waals surface area contributed by atoms with Crippen LogP contribution >= 0.6 is 34.5 Å². The van der Waals surface area contributed by atoms with Crippen LogP contribution < -0.4 is 20.1 Å². The van der Waals surface area contributed by atoms with E-state index in [0.717, 1.165) is 10.4 Å². The zero-order valence-corrected chi connectivity index (χ0v) is 19.0. The second-order valence-corrected chi connectivity index (χ2v) is 8.30. The molecule has 0 fully saturated rings. The topological polar surface area (TPSA) is 89.5 Å². The molecule has 2 amide bonds. The van der Waals surface area contributed by atoms with Crippen LogP contribution in [0.1, 0.15) is 20.8 Å². The molecule has 162 valence electrons. The number of nitrogens with zero attached hydrogens (tertiary/aromatic N) is 1. The van der Waals surface area contributed by atoms with Gasteiger partial charge in [0.2, 0.25) is 5.91 Å². The number of methoxy groups -OCH3 is 2. The first kappa shape index (κ1) is 22.9. The highest BCUT2D eigenvalue weighted by molar-refractivity contribution is 7.15. The molecule has 0 aliphatic carbocycles. The maximum atomic E-state index is 12.3. The summed E-state index contributed by atoms with van der Waals surface area (Å²) in [7, 11) is 2.99. The summed E-state index contributed by atoms with van der Waals surface area (Å²) in [5, 5.41) is 6.88. The minimum absolute atomic E-state index is 0.206. The van der Waals surface area contributed by atoms with Crippen molar-refractivity contribution in [2.24, 2.45) is 0 Å². The van der Waals surface area contributed by atoms with Gasteiger partial charge in [0, 0.05) is 33.1 Å². The van der Waals surface area contributed by atoms with Gasteiger partial charge in [-0.3, -0.25) is 9.59 Å². The lowest BCUT2D eigenvalue weighted by molar-refractivity contribution is -0.115. The molecule has 31 heavy (non-hydrogen) atoms. The molecule has 0 atom stereocenters. The third-order valence-electron chi connectivity index (χ3n) is 4.23. The van der Waals surface area contributed by atoms with E-state index in [1.807, 2.05) is 0 Å². The number of carbonyl (C=O) groups is 2. The smallest absolute Gasteiger partial charge is 0.251 e. The van der Waals surface area contributed by atoms with Crippen molar-refractivity contribution in [3.63, 3.8) is 0 Å². The van der Waals surface area contributed by atoms with E-state index in [0.29, 0.717) is 38.7 Å². The van der Waals surface area contributed by atoms with Crippen LogP contribution in [0.5, 0.6) is 11.5 Å². The second-order valence-electron chi connectivity index (χ2n) is 6.34. The molecule has 7 nitrogen and oxygen atoms in total. The second kappa shape index (κ2) is 10.5. The minimum Gasteiger partial charge on any atom is -0.493 e. The average Bonchev–Trinajstić information content (AvgIpc) is 3.20. The van der Waals surface area contributed by atoms with Gasteiger partial charge >= 0.3 is 0 Å². The molecule has 0 aliphatic heterocycles. The van der Waals surface area contributed by atoms with E-state index >= 15 is 0 Å². The van der Waals surface area contributed by atoms with Gasteiger partial charge in [-0.1, -0.05) is 23.2 Å². The van der Waals surface area contributed by atoms with Crippen LogP contribution in [-0.4, -0.2) is 37.6 Å². The SMILES string of the molecule is COc1ccc(C(=O)NCC(=O)Nc2ncc(Cc3cc(Cl)ccc3Cl)s2)cc1OC. The number of amides is 2. The molecule has 0 saturated heterocycles. The van der Waals surface area contributed by atoms with E-state index in [2.05, 4.69) is 15.6 Å². The number of rotatable bonds is 8. The first-order valence-electron chi connectivity index (χ1n) is 9.08. The van der Waals surface area contributed by atoms with Crippen molar-refractivity contribution in [1.29, 1.82) is 0 Å². The van der Waals surface area contributed by atoms with Crippen LogP contribution in [0.25, 0.3) is 0 Å². The molecule has 0 radical (unpaired) electrons. The highest BCUT2D eigenvalue weighted by atomic mass is 35.5. The quantitative estimate of drug-likeness (QED) is 0.498. The first-order valence-corrected chi connectivity index (χ1v) is 10.7. The predicted molar refractivity (Wildman–Crippen MR) is 122 cm³/mol. The number of aromatic nitrogens is 1. The lowest BCUT2D eigenvalue weighted by Crippen LogP contribution is -2.32. The van der Waals surface area contributed by atoms with E-state index in [4.69, 9.17) is 32.7 Å². The van der Waals surface area contributed by atoms with Gasteiger partial charge in [0.15, 0.2) is 16.6 Å². The number of benzene rings is 2. The van der Waals surface area contributed by atoms with Gasteiger partial charge in [-0.15, -0.1) is 11.3 Å². The van der Waals surface area contributed by atoms with Crippen molar-refractivity contribution < 1.29 is 19.1 Å². The van der Waals surface area contributed by atoms with E-state index < -0.39 is 11.8 Å². The summed E-state index contributed by atoms with van der Waals surface area (Å²) in [6.07, 6.45) is 2.21. The number of carbonyl (C=O) groups excluding carboxylic acids is 2. The minimum atomic E-state index is -0.411. The highest BCUT2D eigenvalue weighted by Gasteiger charge is 2.13. The van der Waals surface area contributed by atoms with Gasteiger partial charge < -0.3 is 20.1 Å². The molecule has 0 unspecified atom stereocenters. The van der Waals surface area contributed by atoms with Crippen LogP contribution in [0.4, 0.5) is 5.13 Å². The molecule has 2 N–H and O–H groups in total. The fourth-order valence-corrected chi connectivity index (χ4v) is 3.95. The summed E-state index contributed by atoms with van der Waals surface area (Å²) in [6.45, 7) is -0.206. The van der Waals surface area contributed by atoms with E-state index in [-0.39, 0.29) is 6.54 Å². The highest BCUT2D eigenvalue weighted by Crippen LogP contribution is 2.28. The van der Waals surface area contributed by atoms with Crippen LogP contribution in [-0.2, 0) is 11.2 Å². The lowest BCUT2D eigenvalue weighted by atomic mass is 10.1. The fraction of sp³-hybridized carbons (Fsp3) is 0.190. The summed E-state index contributed by atoms with van der Waals surface area (Å²) in [5.41, 5.74) is 1.22. The summed E-state index contributed by atoms with van der Waals surface area (Å²) in [5.74, 6) is 0.132. The summed E-state index contributed by atoms with van der Waals surface area (Å²) in [6, 6.07) is 10.0. The zero-order chi connectivity index (χ0) is 22.4. The van der Waals surface area contributed by atoms with E-state index in [1.54, 1.807) is 42.6 Å². The van der Waals surface area contributed by atoms with Gasteiger partial charge in [0.05, 0.1) is 20.8 Å². The molecule has 0 bridgehead atoms. The zero-order valence-electron chi connectivity index (χ0n) is 16.7. The molecule has 0 saturated carbocycles. The number of hydrogen-bond donors (Lipinski definition) is 2. The van der Waals surface area contributed by atoms with Crippen LogP contribution in [0, 0.1) is 0 Å². The summed E-state index contributed by atoms with van der Waals surface area (Å²) >= 11 is 13.5. The van der Waals surface area contributed by atoms with Gasteiger partial charge in [0.25, 0.3) is 5.91 Å². The Kier molecular flexibility index (Phi) is 7.73. The van der Waals surface area contributed by atoms with Gasteiger partial charge in [0.1, 0.15) is 0 Å². The van der Waals surface area contributed by atoms with Crippen molar-refractivity contribution in [3.8, 4) is 11.5 Å². The Morgan fingerprint density at radius 1 is 1.06 bits per heavy atom. The predicted octanol–water partition coefficient (Wildman–Crippen LogP) is 4.43. The molecule has 3 aromatic rings. The van der Waals surface area contributed by atoms with Gasteiger partial charge in [-0.2, -0.15) is 0 Å². The Morgan fingerprint density at radius 2 is 1.84 bits per heavy atom. The number of ether oxygens (including phenoxy) is 2. The maximum Gasteiger partial charge on any atom is 0.251 e. The van der Waals surface area contributed by atoms with Crippen molar-refractivity contribution in [1.82, 2.24) is 10.3 Å². The Hall–Kier alpha value is -2.81. The van der Waals surface area contributed by atoms with Crippen LogP contribution in [0.15, 0.2) is 42.6 Å². The monoisotopic (exact) mass is 479 g/mol. The van der Waals surface area contributed by atoms with Gasteiger partial charge in [-0.25, -0.2) is 4.98 Å². The Morgan fingerprint density at radius 3 is 2.58 bits per heavy atom. The van der Waals surface area contributed by atoms with Crippen LogP contribution in [0.2, 0.25) is 10.0 Å². The molecule has 0 aliphatic rings. The van der Waals surface area contributed by atoms with Gasteiger partial charge in [-0.05, 0) is 42.0 Å². The van der Waals surface area contributed by atoms with E-state index in [9.17, 15) is 9.59 Å². The Balaban J connectivity index is 1.54. The van der Waals surface area contributed by atoms with Crippen molar-refractivity contribution in [2.75, 3.05) is 26.1 Å². The Labute approximate surface area is 193 Å². The number of thiazole rings is 1. The Bertz CT molecular complexity index is 1100. The molecule has 1 aromatic heterocycles.